The quantitative estimate of drug-likeness (QED) is 0.719. The lowest BCUT2D eigenvalue weighted by atomic mass is 10.1. The molecule has 0 saturated carbocycles. The molecule has 0 bridgehead atoms. The van der Waals surface area contributed by atoms with Crippen molar-refractivity contribution in [2.45, 2.75) is 32.5 Å². The van der Waals surface area contributed by atoms with Gasteiger partial charge < -0.3 is 9.84 Å². The van der Waals surface area contributed by atoms with Crippen molar-refractivity contribution >= 4 is 5.97 Å². The second-order valence-electron chi connectivity index (χ2n) is 5.80. The summed E-state index contributed by atoms with van der Waals surface area (Å²) in [4.78, 5) is 13.7. The van der Waals surface area contributed by atoms with Crippen molar-refractivity contribution in [3.63, 3.8) is 0 Å². The second-order valence-corrected chi connectivity index (χ2v) is 5.80. The predicted octanol–water partition coefficient (Wildman–Crippen LogP) is 3.00. The van der Waals surface area contributed by atoms with Gasteiger partial charge in [0.05, 0.1) is 19.1 Å². The van der Waals surface area contributed by atoms with Crippen LogP contribution in [0.15, 0.2) is 60.7 Å². The molecule has 2 aromatic rings. The fraction of sp³-hybridized carbons (Fsp3) is 0.350. The third-order valence-electron chi connectivity index (χ3n) is 3.67. The monoisotopic (exact) mass is 327 g/mol. The van der Waals surface area contributed by atoms with E-state index in [0.29, 0.717) is 13.2 Å². The lowest BCUT2D eigenvalue weighted by Crippen LogP contribution is -2.33. The zero-order valence-corrected chi connectivity index (χ0v) is 14.1. The van der Waals surface area contributed by atoms with Gasteiger partial charge in [0, 0.05) is 19.6 Å². The predicted molar refractivity (Wildman–Crippen MR) is 94.3 cm³/mol. The van der Waals surface area contributed by atoms with Crippen LogP contribution in [0.1, 0.15) is 24.5 Å². The van der Waals surface area contributed by atoms with Gasteiger partial charge in [0.2, 0.25) is 0 Å². The van der Waals surface area contributed by atoms with Crippen LogP contribution in [-0.4, -0.2) is 35.2 Å². The number of esters is 1. The Morgan fingerprint density at radius 3 is 1.96 bits per heavy atom. The Morgan fingerprint density at radius 2 is 1.50 bits per heavy atom. The van der Waals surface area contributed by atoms with Crippen molar-refractivity contribution in [3.05, 3.63) is 71.8 Å². The van der Waals surface area contributed by atoms with Crippen LogP contribution in [0.3, 0.4) is 0 Å². The Balaban J connectivity index is 2.00. The summed E-state index contributed by atoms with van der Waals surface area (Å²) in [5.74, 6) is -0.357. The van der Waals surface area contributed by atoms with E-state index in [1.165, 1.54) is 11.1 Å². The smallest absolute Gasteiger partial charge is 0.308 e. The molecule has 0 aromatic heterocycles. The number of hydrogen-bond acceptors (Lipinski definition) is 4. The Bertz CT molecular complexity index is 559. The van der Waals surface area contributed by atoms with Crippen LogP contribution in [0.4, 0.5) is 0 Å². The molecule has 0 spiro atoms. The summed E-state index contributed by atoms with van der Waals surface area (Å²) in [6, 6.07) is 20.3. The highest BCUT2D eigenvalue weighted by atomic mass is 16.5. The Kier molecular flexibility index (Phi) is 7.46. The number of carbonyl (C=O) groups excluding carboxylic acids is 1. The molecule has 0 heterocycles. The first kappa shape index (κ1) is 18.2. The average molecular weight is 327 g/mol. The summed E-state index contributed by atoms with van der Waals surface area (Å²) in [5.41, 5.74) is 2.36. The van der Waals surface area contributed by atoms with E-state index in [2.05, 4.69) is 29.2 Å². The molecule has 1 atom stereocenters. The second kappa shape index (κ2) is 9.85. The molecule has 0 radical (unpaired) electrons. The van der Waals surface area contributed by atoms with Gasteiger partial charge >= 0.3 is 5.97 Å². The van der Waals surface area contributed by atoms with E-state index < -0.39 is 6.10 Å². The molecule has 24 heavy (non-hydrogen) atoms. The summed E-state index contributed by atoms with van der Waals surface area (Å²) in [6.07, 6.45) is -0.718. The van der Waals surface area contributed by atoms with E-state index in [9.17, 15) is 9.90 Å². The minimum absolute atomic E-state index is 0.0217. The van der Waals surface area contributed by atoms with Gasteiger partial charge in [0.25, 0.3) is 0 Å². The molecule has 0 aliphatic rings. The SMILES string of the molecule is CCOC(=O)CC(O)CN(Cc1ccccc1)Cc1ccccc1. The molecule has 1 unspecified atom stereocenters. The maximum Gasteiger partial charge on any atom is 0.308 e. The number of hydrogen-bond donors (Lipinski definition) is 1. The number of rotatable bonds is 9. The van der Waals surface area contributed by atoms with E-state index in [-0.39, 0.29) is 12.4 Å². The maximum atomic E-state index is 11.6. The number of benzene rings is 2. The van der Waals surface area contributed by atoms with Crippen LogP contribution in [0, 0.1) is 0 Å². The van der Waals surface area contributed by atoms with Gasteiger partial charge in [0.15, 0.2) is 0 Å². The van der Waals surface area contributed by atoms with Crippen molar-refractivity contribution in [3.8, 4) is 0 Å². The third kappa shape index (κ3) is 6.52. The highest BCUT2D eigenvalue weighted by Crippen LogP contribution is 2.11. The van der Waals surface area contributed by atoms with Crippen molar-refractivity contribution in [1.82, 2.24) is 4.90 Å². The maximum absolute atomic E-state index is 11.6. The van der Waals surface area contributed by atoms with Gasteiger partial charge in [-0.15, -0.1) is 0 Å². The number of carbonyl (C=O) groups is 1. The minimum atomic E-state index is -0.739. The fourth-order valence-electron chi connectivity index (χ4n) is 2.64. The number of aliphatic hydroxyl groups is 1. The first-order valence-electron chi connectivity index (χ1n) is 8.31. The normalized spacial score (nSPS) is 12.1. The molecule has 4 nitrogen and oxygen atoms in total. The standard InChI is InChI=1S/C20H25NO3/c1-2-24-20(23)13-19(22)16-21(14-17-9-5-3-6-10-17)15-18-11-7-4-8-12-18/h3-12,19,22H,2,13-16H2,1H3. The van der Waals surface area contributed by atoms with Crippen LogP contribution < -0.4 is 0 Å². The van der Waals surface area contributed by atoms with Crippen LogP contribution in [-0.2, 0) is 22.6 Å². The summed E-state index contributed by atoms with van der Waals surface area (Å²) in [7, 11) is 0. The zero-order chi connectivity index (χ0) is 17.2. The number of nitrogens with zero attached hydrogens (tertiary/aromatic N) is 1. The van der Waals surface area contributed by atoms with E-state index in [1.807, 2.05) is 36.4 Å². The van der Waals surface area contributed by atoms with Gasteiger partial charge in [-0.2, -0.15) is 0 Å². The molecule has 0 aliphatic heterocycles. The summed E-state index contributed by atoms with van der Waals surface area (Å²) in [5, 5.41) is 10.2. The van der Waals surface area contributed by atoms with Crippen molar-refractivity contribution < 1.29 is 14.6 Å². The number of aliphatic hydroxyl groups excluding tert-OH is 1. The fourth-order valence-corrected chi connectivity index (χ4v) is 2.64. The largest absolute Gasteiger partial charge is 0.466 e. The van der Waals surface area contributed by atoms with Crippen LogP contribution in [0.5, 0.6) is 0 Å². The Labute approximate surface area is 143 Å². The molecule has 0 saturated heterocycles. The molecular formula is C20H25NO3. The van der Waals surface area contributed by atoms with E-state index in [0.717, 1.165) is 13.1 Å². The lowest BCUT2D eigenvalue weighted by Gasteiger charge is -2.25. The molecule has 128 valence electrons. The summed E-state index contributed by atoms with van der Waals surface area (Å²) in [6.45, 7) is 3.96. The average Bonchev–Trinajstić information content (AvgIpc) is 2.56. The third-order valence-corrected chi connectivity index (χ3v) is 3.67. The molecule has 2 aromatic carbocycles. The molecule has 4 heteroatoms. The van der Waals surface area contributed by atoms with Gasteiger partial charge in [-0.1, -0.05) is 60.7 Å². The van der Waals surface area contributed by atoms with Crippen LogP contribution >= 0.6 is 0 Å². The van der Waals surface area contributed by atoms with Gasteiger partial charge in [-0.05, 0) is 18.1 Å². The van der Waals surface area contributed by atoms with Crippen LogP contribution in [0.2, 0.25) is 0 Å². The molecule has 0 fully saturated rings. The van der Waals surface area contributed by atoms with E-state index in [4.69, 9.17) is 4.74 Å². The van der Waals surface area contributed by atoms with Crippen molar-refractivity contribution in [2.24, 2.45) is 0 Å². The van der Waals surface area contributed by atoms with E-state index in [1.54, 1.807) is 6.92 Å². The topological polar surface area (TPSA) is 49.8 Å². The molecule has 2 rings (SSSR count). The molecular weight excluding hydrogens is 302 g/mol. The van der Waals surface area contributed by atoms with Crippen LogP contribution in [0.25, 0.3) is 0 Å². The molecule has 0 aliphatic carbocycles. The molecule has 1 N–H and O–H groups in total. The van der Waals surface area contributed by atoms with Crippen molar-refractivity contribution in [1.29, 1.82) is 0 Å². The highest BCUT2D eigenvalue weighted by Gasteiger charge is 2.16. The summed E-state index contributed by atoms with van der Waals surface area (Å²) < 4.78 is 4.91. The Hall–Kier alpha value is -2.17. The number of ether oxygens (including phenoxy) is 1. The van der Waals surface area contributed by atoms with Gasteiger partial charge in [0.1, 0.15) is 0 Å². The highest BCUT2D eigenvalue weighted by molar-refractivity contribution is 5.69. The first-order chi connectivity index (χ1) is 11.7. The van der Waals surface area contributed by atoms with E-state index >= 15 is 0 Å². The van der Waals surface area contributed by atoms with Gasteiger partial charge in [-0.3, -0.25) is 9.69 Å². The minimum Gasteiger partial charge on any atom is -0.466 e. The summed E-state index contributed by atoms with van der Waals surface area (Å²) >= 11 is 0. The van der Waals surface area contributed by atoms with Crippen molar-refractivity contribution in [2.75, 3.05) is 13.2 Å². The lowest BCUT2D eigenvalue weighted by molar-refractivity contribution is -0.145. The Morgan fingerprint density at radius 1 is 1.00 bits per heavy atom. The van der Waals surface area contributed by atoms with Gasteiger partial charge in [-0.25, -0.2) is 0 Å². The molecule has 0 amide bonds. The first-order valence-corrected chi connectivity index (χ1v) is 8.31. The zero-order valence-electron chi connectivity index (χ0n) is 14.1.